The SMILES string of the molecule is NCc1nc(C(=O)Nc2nnc(C3CC3)o2)cs1. The number of nitrogens with one attached hydrogen (secondary N) is 1. The van der Waals surface area contributed by atoms with Crippen molar-refractivity contribution >= 4 is 23.3 Å². The van der Waals surface area contributed by atoms with Gasteiger partial charge in [0, 0.05) is 17.8 Å². The third kappa shape index (κ3) is 2.24. The van der Waals surface area contributed by atoms with Crippen LogP contribution in [0.1, 0.15) is 40.1 Å². The van der Waals surface area contributed by atoms with Crippen LogP contribution in [0.5, 0.6) is 0 Å². The summed E-state index contributed by atoms with van der Waals surface area (Å²) in [6, 6.07) is 0.115. The van der Waals surface area contributed by atoms with Crippen LogP contribution in [0.4, 0.5) is 6.01 Å². The van der Waals surface area contributed by atoms with E-state index in [4.69, 9.17) is 10.2 Å². The van der Waals surface area contributed by atoms with Crippen LogP contribution in [0.2, 0.25) is 0 Å². The van der Waals surface area contributed by atoms with Gasteiger partial charge in [-0.3, -0.25) is 10.1 Å². The quantitative estimate of drug-likeness (QED) is 0.857. The molecule has 8 heteroatoms. The van der Waals surface area contributed by atoms with Gasteiger partial charge in [0.2, 0.25) is 5.89 Å². The van der Waals surface area contributed by atoms with Crippen LogP contribution in [-0.4, -0.2) is 21.1 Å². The fraction of sp³-hybridized carbons (Fsp3) is 0.400. The predicted octanol–water partition coefficient (Wildman–Crippen LogP) is 1.11. The number of carbonyl (C=O) groups is 1. The summed E-state index contributed by atoms with van der Waals surface area (Å²) in [5.41, 5.74) is 5.75. The van der Waals surface area contributed by atoms with Gasteiger partial charge in [0.1, 0.15) is 10.7 Å². The van der Waals surface area contributed by atoms with E-state index in [1.165, 1.54) is 11.3 Å². The predicted molar refractivity (Wildman–Crippen MR) is 64.2 cm³/mol. The Morgan fingerprint density at radius 2 is 2.39 bits per heavy atom. The fourth-order valence-corrected chi connectivity index (χ4v) is 2.11. The first kappa shape index (κ1) is 11.3. The van der Waals surface area contributed by atoms with Crippen molar-refractivity contribution in [3.05, 3.63) is 22.0 Å². The van der Waals surface area contributed by atoms with Crippen LogP contribution in [0.3, 0.4) is 0 Å². The van der Waals surface area contributed by atoms with Crippen molar-refractivity contribution in [2.75, 3.05) is 5.32 Å². The summed E-state index contributed by atoms with van der Waals surface area (Å²) in [6.07, 6.45) is 2.14. The van der Waals surface area contributed by atoms with Crippen LogP contribution in [0.25, 0.3) is 0 Å². The second kappa shape index (κ2) is 4.46. The molecule has 3 rings (SSSR count). The van der Waals surface area contributed by atoms with Crippen LogP contribution < -0.4 is 11.1 Å². The minimum atomic E-state index is -0.364. The average Bonchev–Trinajstić information content (AvgIpc) is 2.93. The molecule has 1 aliphatic carbocycles. The number of hydrogen-bond donors (Lipinski definition) is 2. The molecule has 1 saturated carbocycles. The molecule has 0 aromatic carbocycles. The summed E-state index contributed by atoms with van der Waals surface area (Å²) in [6.45, 7) is 0.324. The molecule has 0 spiro atoms. The summed E-state index contributed by atoms with van der Waals surface area (Å²) in [5, 5.41) is 12.5. The molecule has 1 fully saturated rings. The van der Waals surface area contributed by atoms with Gasteiger partial charge in [-0.1, -0.05) is 5.10 Å². The van der Waals surface area contributed by atoms with E-state index >= 15 is 0 Å². The monoisotopic (exact) mass is 265 g/mol. The molecule has 0 radical (unpaired) electrons. The topological polar surface area (TPSA) is 107 Å². The molecule has 94 valence electrons. The summed E-state index contributed by atoms with van der Waals surface area (Å²) in [5.74, 6) is 0.592. The molecule has 0 atom stereocenters. The Hall–Kier alpha value is -1.80. The second-order valence-corrected chi connectivity index (χ2v) is 4.95. The number of hydrogen-bond acceptors (Lipinski definition) is 7. The fourth-order valence-electron chi connectivity index (χ4n) is 1.45. The van der Waals surface area contributed by atoms with Gasteiger partial charge in [0.15, 0.2) is 0 Å². The molecule has 0 bridgehead atoms. The highest BCUT2D eigenvalue weighted by Gasteiger charge is 2.29. The number of thiazole rings is 1. The van der Waals surface area contributed by atoms with E-state index in [0.717, 1.165) is 12.8 Å². The Morgan fingerprint density at radius 3 is 3.06 bits per heavy atom. The molecule has 2 aromatic rings. The van der Waals surface area contributed by atoms with Gasteiger partial charge < -0.3 is 10.2 Å². The molecule has 18 heavy (non-hydrogen) atoms. The molecule has 1 aliphatic rings. The minimum Gasteiger partial charge on any atom is -0.408 e. The summed E-state index contributed by atoms with van der Waals surface area (Å²) < 4.78 is 5.33. The van der Waals surface area contributed by atoms with Crippen molar-refractivity contribution in [2.24, 2.45) is 5.73 Å². The van der Waals surface area contributed by atoms with E-state index in [1.807, 2.05) is 0 Å². The van der Waals surface area contributed by atoms with Gasteiger partial charge in [0.05, 0.1) is 0 Å². The standard InChI is InChI=1S/C10H11N5O2S/c11-3-7-12-6(4-18-7)8(16)13-10-15-14-9(17-10)5-1-2-5/h4-5H,1-3,11H2,(H,13,15,16). The van der Waals surface area contributed by atoms with Crippen LogP contribution >= 0.6 is 11.3 Å². The zero-order valence-electron chi connectivity index (χ0n) is 9.42. The van der Waals surface area contributed by atoms with Crippen molar-refractivity contribution in [1.82, 2.24) is 15.2 Å². The highest BCUT2D eigenvalue weighted by atomic mass is 32.1. The van der Waals surface area contributed by atoms with Crippen molar-refractivity contribution in [1.29, 1.82) is 0 Å². The first-order valence-electron chi connectivity index (χ1n) is 5.55. The maximum Gasteiger partial charge on any atom is 0.322 e. The molecule has 2 heterocycles. The van der Waals surface area contributed by atoms with E-state index < -0.39 is 0 Å². The Balaban J connectivity index is 1.68. The van der Waals surface area contributed by atoms with Crippen LogP contribution in [0, 0.1) is 0 Å². The van der Waals surface area contributed by atoms with E-state index in [0.29, 0.717) is 29.1 Å². The minimum absolute atomic E-state index is 0.115. The largest absolute Gasteiger partial charge is 0.408 e. The van der Waals surface area contributed by atoms with E-state index in [2.05, 4.69) is 20.5 Å². The number of aromatic nitrogens is 3. The summed E-state index contributed by atoms with van der Waals surface area (Å²) >= 11 is 1.34. The molecule has 0 aliphatic heterocycles. The molecule has 1 amide bonds. The number of rotatable bonds is 4. The van der Waals surface area contributed by atoms with Gasteiger partial charge in [-0.2, -0.15) is 0 Å². The van der Waals surface area contributed by atoms with Crippen molar-refractivity contribution in [3.8, 4) is 0 Å². The molecule has 0 saturated heterocycles. The molecule has 0 unspecified atom stereocenters. The highest BCUT2D eigenvalue weighted by molar-refractivity contribution is 7.09. The number of nitrogens with two attached hydrogens (primary N) is 1. The lowest BCUT2D eigenvalue weighted by Crippen LogP contribution is -2.13. The first-order chi connectivity index (χ1) is 8.76. The maximum absolute atomic E-state index is 11.8. The van der Waals surface area contributed by atoms with Crippen molar-refractivity contribution in [3.63, 3.8) is 0 Å². The molecule has 3 N–H and O–H groups in total. The normalized spacial score (nSPS) is 14.7. The number of nitrogens with zero attached hydrogens (tertiary/aromatic N) is 3. The third-order valence-electron chi connectivity index (χ3n) is 2.55. The van der Waals surface area contributed by atoms with Gasteiger partial charge in [-0.15, -0.1) is 16.4 Å². The van der Waals surface area contributed by atoms with E-state index in [9.17, 15) is 4.79 Å². The first-order valence-corrected chi connectivity index (χ1v) is 6.43. The molecule has 7 nitrogen and oxygen atoms in total. The van der Waals surface area contributed by atoms with Gasteiger partial charge >= 0.3 is 6.01 Å². The van der Waals surface area contributed by atoms with Crippen molar-refractivity contribution < 1.29 is 9.21 Å². The van der Waals surface area contributed by atoms with Gasteiger partial charge in [-0.05, 0) is 12.8 Å². The molecular formula is C10H11N5O2S. The summed E-state index contributed by atoms with van der Waals surface area (Å²) in [4.78, 5) is 15.9. The molecule has 2 aromatic heterocycles. The Labute approximate surface area is 106 Å². The Kier molecular flexibility index (Phi) is 2.80. The number of anilines is 1. The lowest BCUT2D eigenvalue weighted by atomic mass is 10.4. The number of carbonyl (C=O) groups excluding carboxylic acids is 1. The van der Waals surface area contributed by atoms with E-state index in [1.54, 1.807) is 5.38 Å². The van der Waals surface area contributed by atoms with Crippen molar-refractivity contribution in [2.45, 2.75) is 25.3 Å². The summed E-state index contributed by atoms with van der Waals surface area (Å²) in [7, 11) is 0. The smallest absolute Gasteiger partial charge is 0.322 e. The lowest BCUT2D eigenvalue weighted by molar-refractivity contribution is 0.102. The highest BCUT2D eigenvalue weighted by Crippen LogP contribution is 2.39. The van der Waals surface area contributed by atoms with Gasteiger partial charge in [-0.25, -0.2) is 4.98 Å². The van der Waals surface area contributed by atoms with Gasteiger partial charge in [0.25, 0.3) is 5.91 Å². The van der Waals surface area contributed by atoms with E-state index in [-0.39, 0.29) is 11.9 Å². The average molecular weight is 265 g/mol. The zero-order chi connectivity index (χ0) is 12.5. The number of amides is 1. The second-order valence-electron chi connectivity index (χ2n) is 4.00. The zero-order valence-corrected chi connectivity index (χ0v) is 10.2. The van der Waals surface area contributed by atoms with Crippen LogP contribution in [-0.2, 0) is 6.54 Å². The Morgan fingerprint density at radius 1 is 1.56 bits per heavy atom. The third-order valence-corrected chi connectivity index (χ3v) is 3.42. The molecular weight excluding hydrogens is 254 g/mol. The Bertz CT molecular complexity index is 574. The maximum atomic E-state index is 11.8. The van der Waals surface area contributed by atoms with Crippen LogP contribution in [0.15, 0.2) is 9.80 Å². The lowest BCUT2D eigenvalue weighted by Gasteiger charge is -1.95.